The maximum Gasteiger partial charge on any atom is 0.124 e. The highest BCUT2D eigenvalue weighted by atomic mass is 19.1. The minimum atomic E-state index is -0.460. The van der Waals surface area contributed by atoms with Crippen LogP contribution in [0.1, 0.15) is 17.3 Å². The van der Waals surface area contributed by atoms with Crippen LogP contribution in [-0.4, -0.2) is 17.1 Å². The minimum absolute atomic E-state index is 0.361. The quantitative estimate of drug-likeness (QED) is 0.628. The summed E-state index contributed by atoms with van der Waals surface area (Å²) < 4.78 is 18.5. The molecular formula is C12H13FN4O. The second-order valence-electron chi connectivity index (χ2n) is 3.62. The van der Waals surface area contributed by atoms with Crippen molar-refractivity contribution in [1.29, 1.82) is 0 Å². The summed E-state index contributed by atoms with van der Waals surface area (Å²) in [5.41, 5.74) is 3.82. The Morgan fingerprint density at radius 3 is 2.83 bits per heavy atom. The number of methoxy groups -OCH3 is 1. The maximum absolute atomic E-state index is 13.3. The van der Waals surface area contributed by atoms with Crippen molar-refractivity contribution >= 4 is 0 Å². The fourth-order valence-electron chi connectivity index (χ4n) is 1.74. The number of hydrogen-bond acceptors (Lipinski definition) is 5. The third-order valence-electron chi connectivity index (χ3n) is 2.57. The number of hydrogen-bond donors (Lipinski definition) is 2. The molecule has 0 bridgehead atoms. The summed E-state index contributed by atoms with van der Waals surface area (Å²) in [7, 11) is 1.52. The lowest BCUT2D eigenvalue weighted by atomic mass is 10.0. The molecule has 0 saturated carbocycles. The van der Waals surface area contributed by atoms with E-state index in [1.807, 2.05) is 0 Å². The first kappa shape index (κ1) is 12.4. The van der Waals surface area contributed by atoms with E-state index in [-0.39, 0.29) is 5.82 Å². The van der Waals surface area contributed by atoms with Gasteiger partial charge in [0.05, 0.1) is 18.8 Å². The molecule has 94 valence electrons. The van der Waals surface area contributed by atoms with Gasteiger partial charge in [-0.1, -0.05) is 0 Å². The second kappa shape index (κ2) is 5.52. The predicted octanol–water partition coefficient (Wildman–Crippen LogP) is 1.18. The van der Waals surface area contributed by atoms with Gasteiger partial charge in [0.15, 0.2) is 0 Å². The Kier molecular flexibility index (Phi) is 3.81. The Balaban J connectivity index is 2.48. The molecular weight excluding hydrogens is 235 g/mol. The molecule has 0 aliphatic carbocycles. The zero-order valence-corrected chi connectivity index (χ0v) is 9.80. The predicted molar refractivity (Wildman–Crippen MR) is 64.2 cm³/mol. The molecule has 0 amide bonds. The lowest BCUT2D eigenvalue weighted by Gasteiger charge is -2.18. The van der Waals surface area contributed by atoms with E-state index in [9.17, 15) is 4.39 Å². The molecule has 5 nitrogen and oxygen atoms in total. The average Bonchev–Trinajstić information content (AvgIpc) is 2.41. The van der Waals surface area contributed by atoms with E-state index in [1.165, 1.54) is 25.6 Å². The first-order valence-electron chi connectivity index (χ1n) is 5.31. The minimum Gasteiger partial charge on any atom is -0.496 e. The fourth-order valence-corrected chi connectivity index (χ4v) is 1.74. The number of benzene rings is 1. The van der Waals surface area contributed by atoms with Crippen molar-refractivity contribution in [1.82, 2.24) is 15.4 Å². The number of rotatable bonds is 4. The van der Waals surface area contributed by atoms with Crippen molar-refractivity contribution in [2.75, 3.05) is 7.11 Å². The van der Waals surface area contributed by atoms with E-state index in [0.717, 1.165) is 0 Å². The number of hydrazine groups is 1. The molecule has 1 atom stereocenters. The van der Waals surface area contributed by atoms with Crippen molar-refractivity contribution in [3.05, 3.63) is 53.9 Å². The van der Waals surface area contributed by atoms with Gasteiger partial charge in [-0.25, -0.2) is 19.8 Å². The zero-order chi connectivity index (χ0) is 13.0. The van der Waals surface area contributed by atoms with Crippen LogP contribution in [0.5, 0.6) is 5.75 Å². The van der Waals surface area contributed by atoms with Crippen LogP contribution < -0.4 is 16.0 Å². The smallest absolute Gasteiger partial charge is 0.124 e. The lowest BCUT2D eigenvalue weighted by molar-refractivity contribution is 0.402. The SMILES string of the molecule is COc1ccc(F)cc1C(NN)c1ccncn1. The Hall–Kier alpha value is -2.05. The molecule has 0 saturated heterocycles. The molecule has 0 aliphatic rings. The molecule has 0 aliphatic heterocycles. The van der Waals surface area contributed by atoms with Crippen LogP contribution in [0.4, 0.5) is 4.39 Å². The van der Waals surface area contributed by atoms with Crippen LogP contribution in [0.2, 0.25) is 0 Å². The van der Waals surface area contributed by atoms with E-state index in [0.29, 0.717) is 17.0 Å². The van der Waals surface area contributed by atoms with E-state index in [4.69, 9.17) is 10.6 Å². The van der Waals surface area contributed by atoms with Crippen molar-refractivity contribution in [3.8, 4) is 5.75 Å². The van der Waals surface area contributed by atoms with Crippen LogP contribution in [0.15, 0.2) is 36.8 Å². The highest BCUT2D eigenvalue weighted by Gasteiger charge is 2.18. The Morgan fingerprint density at radius 2 is 2.22 bits per heavy atom. The molecule has 6 heteroatoms. The van der Waals surface area contributed by atoms with E-state index in [2.05, 4.69) is 15.4 Å². The molecule has 2 aromatic rings. The average molecular weight is 248 g/mol. The number of nitrogens with two attached hydrogens (primary N) is 1. The Morgan fingerprint density at radius 1 is 1.39 bits per heavy atom. The number of aromatic nitrogens is 2. The molecule has 0 fully saturated rings. The monoisotopic (exact) mass is 248 g/mol. The van der Waals surface area contributed by atoms with Crippen molar-refractivity contribution in [3.63, 3.8) is 0 Å². The molecule has 2 rings (SSSR count). The molecule has 0 spiro atoms. The van der Waals surface area contributed by atoms with Crippen molar-refractivity contribution in [2.24, 2.45) is 5.84 Å². The second-order valence-corrected chi connectivity index (χ2v) is 3.62. The molecule has 1 heterocycles. The standard InChI is InChI=1S/C12H13FN4O/c1-18-11-3-2-8(13)6-9(11)12(17-14)10-4-5-15-7-16-10/h2-7,12,17H,14H2,1H3. The maximum atomic E-state index is 13.3. The highest BCUT2D eigenvalue weighted by Crippen LogP contribution is 2.28. The van der Waals surface area contributed by atoms with E-state index >= 15 is 0 Å². The number of ether oxygens (including phenoxy) is 1. The first-order valence-corrected chi connectivity index (χ1v) is 5.31. The summed E-state index contributed by atoms with van der Waals surface area (Å²) in [4.78, 5) is 7.93. The molecule has 1 aromatic carbocycles. The van der Waals surface area contributed by atoms with Gasteiger partial charge in [-0.05, 0) is 24.3 Å². The molecule has 18 heavy (non-hydrogen) atoms. The summed E-state index contributed by atoms with van der Waals surface area (Å²) in [5.74, 6) is 5.70. The van der Waals surface area contributed by atoms with Crippen LogP contribution >= 0.6 is 0 Å². The van der Waals surface area contributed by atoms with Gasteiger partial charge in [-0.3, -0.25) is 5.84 Å². The van der Waals surface area contributed by atoms with Crippen LogP contribution in [0.3, 0.4) is 0 Å². The molecule has 3 N–H and O–H groups in total. The summed E-state index contributed by atoms with van der Waals surface area (Å²) in [5, 5.41) is 0. The normalized spacial score (nSPS) is 12.2. The van der Waals surface area contributed by atoms with E-state index < -0.39 is 6.04 Å². The van der Waals surface area contributed by atoms with Gasteiger partial charge in [-0.2, -0.15) is 0 Å². The molecule has 1 aromatic heterocycles. The van der Waals surface area contributed by atoms with Gasteiger partial charge in [0, 0.05) is 11.8 Å². The first-order chi connectivity index (χ1) is 8.76. The number of nitrogens with one attached hydrogen (secondary N) is 1. The Bertz CT molecular complexity index is 521. The summed E-state index contributed by atoms with van der Waals surface area (Å²) in [6.45, 7) is 0. The number of halogens is 1. The lowest BCUT2D eigenvalue weighted by Crippen LogP contribution is -2.30. The van der Waals surface area contributed by atoms with Crippen molar-refractivity contribution in [2.45, 2.75) is 6.04 Å². The van der Waals surface area contributed by atoms with Gasteiger partial charge in [0.1, 0.15) is 17.9 Å². The Labute approximate surface area is 104 Å². The van der Waals surface area contributed by atoms with Crippen LogP contribution in [0, 0.1) is 5.82 Å². The van der Waals surface area contributed by atoms with Gasteiger partial charge in [-0.15, -0.1) is 0 Å². The van der Waals surface area contributed by atoms with Gasteiger partial charge in [0.2, 0.25) is 0 Å². The fraction of sp³-hybridized carbons (Fsp3) is 0.167. The summed E-state index contributed by atoms with van der Waals surface area (Å²) >= 11 is 0. The van der Waals surface area contributed by atoms with Gasteiger partial charge < -0.3 is 4.74 Å². The molecule has 1 unspecified atom stereocenters. The summed E-state index contributed by atoms with van der Waals surface area (Å²) in [6, 6.07) is 5.49. The van der Waals surface area contributed by atoms with E-state index in [1.54, 1.807) is 18.3 Å². The van der Waals surface area contributed by atoms with Crippen LogP contribution in [0.25, 0.3) is 0 Å². The third kappa shape index (κ3) is 2.44. The third-order valence-corrected chi connectivity index (χ3v) is 2.57. The highest BCUT2D eigenvalue weighted by molar-refractivity contribution is 5.40. The van der Waals surface area contributed by atoms with Gasteiger partial charge in [0.25, 0.3) is 0 Å². The summed E-state index contributed by atoms with van der Waals surface area (Å²) in [6.07, 6.45) is 3.00. The van der Waals surface area contributed by atoms with Crippen LogP contribution in [-0.2, 0) is 0 Å². The van der Waals surface area contributed by atoms with Crippen molar-refractivity contribution < 1.29 is 9.13 Å². The largest absolute Gasteiger partial charge is 0.496 e. The topological polar surface area (TPSA) is 73.1 Å². The van der Waals surface area contributed by atoms with Gasteiger partial charge >= 0.3 is 0 Å². The zero-order valence-electron chi connectivity index (χ0n) is 9.80. The number of nitrogens with zero attached hydrogens (tertiary/aromatic N) is 2. The molecule has 0 radical (unpaired) electrons.